The second kappa shape index (κ2) is 7.08. The number of rotatable bonds is 3. The molecule has 27 heavy (non-hydrogen) atoms. The van der Waals surface area contributed by atoms with Gasteiger partial charge in [0.1, 0.15) is 0 Å². The Morgan fingerprint density at radius 3 is 2.07 bits per heavy atom. The molecule has 0 unspecified atom stereocenters. The largest absolute Gasteiger partial charge is 0.390 e. The first-order valence-corrected chi connectivity index (χ1v) is 9.54. The Bertz CT molecular complexity index is 807. The summed E-state index contributed by atoms with van der Waals surface area (Å²) in [5, 5.41) is 20.1. The third-order valence-electron chi connectivity index (χ3n) is 6.21. The number of nitrogens with zero attached hydrogens (tertiary/aromatic N) is 1. The SMILES string of the molecule is CN(C(=O)[C@@H]1C[C@@H](O)[C@@H](O)C[C@@H]1CN)C1c2ccccc2-c2ccccc21. The molecule has 142 valence electrons. The van der Waals surface area contributed by atoms with Crippen molar-refractivity contribution in [1.29, 1.82) is 0 Å². The van der Waals surface area contributed by atoms with Crippen molar-refractivity contribution < 1.29 is 15.0 Å². The number of hydrogen-bond donors (Lipinski definition) is 3. The number of nitrogens with two attached hydrogens (primary N) is 1. The molecule has 0 spiro atoms. The number of aliphatic hydroxyl groups excluding tert-OH is 2. The van der Waals surface area contributed by atoms with Gasteiger partial charge in [-0.1, -0.05) is 48.5 Å². The smallest absolute Gasteiger partial charge is 0.226 e. The molecule has 4 atom stereocenters. The van der Waals surface area contributed by atoms with Gasteiger partial charge in [0.15, 0.2) is 0 Å². The van der Waals surface area contributed by atoms with Gasteiger partial charge >= 0.3 is 0 Å². The standard InChI is InChI=1S/C22H26N2O3/c1-24(22(27)18-11-20(26)19(25)10-13(18)12-23)21-16-8-4-2-6-14(16)15-7-3-5-9-17(15)21/h2-9,13,18-21,25-26H,10-12,23H2,1H3/t13-,18-,19+,20-/m1/s1. The van der Waals surface area contributed by atoms with Crippen molar-refractivity contribution in [3.63, 3.8) is 0 Å². The lowest BCUT2D eigenvalue weighted by molar-refractivity contribution is -0.143. The normalized spacial score (nSPS) is 27.1. The second-order valence-electron chi connectivity index (χ2n) is 7.73. The molecule has 5 nitrogen and oxygen atoms in total. The molecule has 0 heterocycles. The van der Waals surface area contributed by atoms with E-state index >= 15 is 0 Å². The van der Waals surface area contributed by atoms with Gasteiger partial charge in [-0.05, 0) is 47.6 Å². The monoisotopic (exact) mass is 366 g/mol. The van der Waals surface area contributed by atoms with E-state index in [2.05, 4.69) is 24.3 Å². The lowest BCUT2D eigenvalue weighted by Gasteiger charge is -2.39. The van der Waals surface area contributed by atoms with Crippen LogP contribution in [0.4, 0.5) is 0 Å². The summed E-state index contributed by atoms with van der Waals surface area (Å²) in [5.74, 6) is -0.517. The van der Waals surface area contributed by atoms with Crippen LogP contribution in [0.3, 0.4) is 0 Å². The quantitative estimate of drug-likeness (QED) is 0.775. The van der Waals surface area contributed by atoms with Gasteiger partial charge in [-0.2, -0.15) is 0 Å². The van der Waals surface area contributed by atoms with Crippen molar-refractivity contribution >= 4 is 5.91 Å². The Hall–Kier alpha value is -2.21. The molecule has 0 aliphatic heterocycles. The lowest BCUT2D eigenvalue weighted by atomic mass is 9.75. The van der Waals surface area contributed by atoms with Gasteiger partial charge in [-0.3, -0.25) is 4.79 Å². The molecule has 0 bridgehead atoms. The highest BCUT2D eigenvalue weighted by Gasteiger charge is 2.42. The zero-order valence-electron chi connectivity index (χ0n) is 15.5. The summed E-state index contributed by atoms with van der Waals surface area (Å²) in [6.45, 7) is 0.325. The number of aliphatic hydroxyl groups is 2. The maximum absolute atomic E-state index is 13.4. The van der Waals surface area contributed by atoms with Crippen LogP contribution in [0, 0.1) is 11.8 Å². The van der Waals surface area contributed by atoms with Crippen LogP contribution in [-0.4, -0.2) is 46.8 Å². The predicted octanol–water partition coefficient (Wildman–Crippen LogP) is 1.92. The van der Waals surface area contributed by atoms with E-state index in [9.17, 15) is 15.0 Å². The number of hydrogen-bond acceptors (Lipinski definition) is 4. The summed E-state index contributed by atoms with van der Waals surface area (Å²) >= 11 is 0. The summed E-state index contributed by atoms with van der Waals surface area (Å²) < 4.78 is 0. The van der Waals surface area contributed by atoms with E-state index in [0.29, 0.717) is 13.0 Å². The van der Waals surface area contributed by atoms with E-state index in [1.54, 1.807) is 4.90 Å². The Morgan fingerprint density at radius 1 is 1.00 bits per heavy atom. The third-order valence-corrected chi connectivity index (χ3v) is 6.21. The zero-order chi connectivity index (χ0) is 19.1. The van der Waals surface area contributed by atoms with Crippen molar-refractivity contribution in [3.8, 4) is 11.1 Å². The molecule has 4 rings (SSSR count). The highest BCUT2D eigenvalue weighted by Crippen LogP contribution is 2.46. The molecule has 4 N–H and O–H groups in total. The van der Waals surface area contributed by atoms with Crippen LogP contribution in [-0.2, 0) is 4.79 Å². The molecule has 1 fully saturated rings. The van der Waals surface area contributed by atoms with E-state index < -0.39 is 12.2 Å². The van der Waals surface area contributed by atoms with Gasteiger partial charge in [-0.25, -0.2) is 0 Å². The van der Waals surface area contributed by atoms with Crippen LogP contribution in [0.2, 0.25) is 0 Å². The van der Waals surface area contributed by atoms with Crippen LogP contribution < -0.4 is 5.73 Å². The maximum atomic E-state index is 13.4. The van der Waals surface area contributed by atoms with Crippen LogP contribution in [0.1, 0.15) is 30.0 Å². The summed E-state index contributed by atoms with van der Waals surface area (Å²) in [5.41, 5.74) is 10.4. The van der Waals surface area contributed by atoms with Crippen molar-refractivity contribution in [2.24, 2.45) is 17.6 Å². The first kappa shape index (κ1) is 18.2. The van der Waals surface area contributed by atoms with Crippen molar-refractivity contribution in [1.82, 2.24) is 4.90 Å². The molecule has 2 aromatic rings. The van der Waals surface area contributed by atoms with Crippen LogP contribution >= 0.6 is 0 Å². The number of fused-ring (bicyclic) bond motifs is 3. The van der Waals surface area contributed by atoms with E-state index in [1.165, 1.54) is 0 Å². The number of amides is 1. The minimum absolute atomic E-state index is 0.0205. The van der Waals surface area contributed by atoms with Gasteiger partial charge in [-0.15, -0.1) is 0 Å². The Balaban J connectivity index is 1.68. The summed E-state index contributed by atoms with van der Waals surface area (Å²) in [4.78, 5) is 15.2. The van der Waals surface area contributed by atoms with Crippen molar-refractivity contribution in [2.75, 3.05) is 13.6 Å². The molecule has 1 amide bonds. The fourth-order valence-electron chi connectivity index (χ4n) is 4.74. The summed E-state index contributed by atoms with van der Waals surface area (Å²) in [6.07, 6.45) is -1.07. The fraction of sp³-hybridized carbons (Fsp3) is 0.409. The van der Waals surface area contributed by atoms with E-state index in [1.807, 2.05) is 31.3 Å². The molecule has 2 aliphatic rings. The average molecular weight is 366 g/mol. The van der Waals surface area contributed by atoms with Crippen molar-refractivity contribution in [3.05, 3.63) is 59.7 Å². The van der Waals surface area contributed by atoms with Crippen LogP contribution in [0.5, 0.6) is 0 Å². The molecular formula is C22H26N2O3. The van der Waals surface area contributed by atoms with Gasteiger partial charge in [0, 0.05) is 13.0 Å². The second-order valence-corrected chi connectivity index (χ2v) is 7.73. The third kappa shape index (κ3) is 2.96. The van der Waals surface area contributed by atoms with E-state index in [0.717, 1.165) is 22.3 Å². The number of carbonyl (C=O) groups is 1. The van der Waals surface area contributed by atoms with E-state index in [-0.39, 0.29) is 30.2 Å². The molecule has 2 aromatic carbocycles. The highest BCUT2D eigenvalue weighted by molar-refractivity contribution is 5.84. The Morgan fingerprint density at radius 2 is 1.52 bits per heavy atom. The Kier molecular flexibility index (Phi) is 4.76. The molecule has 0 radical (unpaired) electrons. The fourth-order valence-corrected chi connectivity index (χ4v) is 4.74. The van der Waals surface area contributed by atoms with Crippen LogP contribution in [0.25, 0.3) is 11.1 Å². The molecule has 0 saturated heterocycles. The van der Waals surface area contributed by atoms with Crippen molar-refractivity contribution in [2.45, 2.75) is 31.1 Å². The summed E-state index contributed by atoms with van der Waals surface area (Å²) in [6, 6.07) is 16.2. The van der Waals surface area contributed by atoms with Gasteiger partial charge in [0.2, 0.25) is 5.91 Å². The average Bonchev–Trinajstić information content (AvgIpc) is 3.03. The molecule has 1 saturated carbocycles. The molecule has 5 heteroatoms. The van der Waals surface area contributed by atoms with Gasteiger partial charge in [0.05, 0.1) is 18.2 Å². The summed E-state index contributed by atoms with van der Waals surface area (Å²) in [7, 11) is 1.83. The molecule has 0 aromatic heterocycles. The van der Waals surface area contributed by atoms with Crippen LogP contribution in [0.15, 0.2) is 48.5 Å². The predicted molar refractivity (Wildman–Crippen MR) is 104 cm³/mol. The van der Waals surface area contributed by atoms with Gasteiger partial charge < -0.3 is 20.8 Å². The maximum Gasteiger partial charge on any atom is 0.226 e. The number of benzene rings is 2. The van der Waals surface area contributed by atoms with Gasteiger partial charge in [0.25, 0.3) is 0 Å². The lowest BCUT2D eigenvalue weighted by Crippen LogP contribution is -2.48. The Labute approximate surface area is 159 Å². The molecule has 2 aliphatic carbocycles. The minimum Gasteiger partial charge on any atom is -0.390 e. The topological polar surface area (TPSA) is 86.8 Å². The van der Waals surface area contributed by atoms with E-state index in [4.69, 9.17) is 5.73 Å². The minimum atomic E-state index is -0.877. The highest BCUT2D eigenvalue weighted by atomic mass is 16.3. The number of carbonyl (C=O) groups excluding carboxylic acids is 1. The first-order chi connectivity index (χ1) is 13.0. The zero-order valence-corrected chi connectivity index (χ0v) is 15.5. The molecular weight excluding hydrogens is 340 g/mol. The first-order valence-electron chi connectivity index (χ1n) is 9.54.